The molecule has 0 spiro atoms. The molecular formula is C17H26ClN3O. The molecule has 0 aromatic rings. The van der Waals surface area contributed by atoms with Gasteiger partial charge in [-0.3, -0.25) is 4.90 Å². The Balaban J connectivity index is 2.15. The summed E-state index contributed by atoms with van der Waals surface area (Å²) in [6.45, 7) is 2.82. The summed E-state index contributed by atoms with van der Waals surface area (Å²) >= 11 is 6.23. The zero-order chi connectivity index (χ0) is 15.9. The normalized spacial score (nSPS) is 23.1. The third-order valence-corrected chi connectivity index (χ3v) is 4.90. The van der Waals surface area contributed by atoms with Crippen molar-refractivity contribution in [2.24, 2.45) is 0 Å². The molecule has 22 heavy (non-hydrogen) atoms. The first-order chi connectivity index (χ1) is 10.7. The number of hydrogen-bond donors (Lipinski definition) is 0. The average molecular weight is 324 g/mol. The molecule has 5 heteroatoms. The quantitative estimate of drug-likeness (QED) is 0.419. The third kappa shape index (κ3) is 4.22. The highest BCUT2D eigenvalue weighted by Crippen LogP contribution is 2.29. The standard InChI is InChI=1S/C17H26ClN3O/c1-3-4-10-22-17-12-15(20-19)14(18)11-16(17)21(2)13-8-6-5-7-9-13/h11-13,16H,3-10H2,1-2H3. The lowest BCUT2D eigenvalue weighted by molar-refractivity contribution is -0.00297. The number of ether oxygens (including phenoxy) is 1. The van der Waals surface area contributed by atoms with E-state index >= 15 is 0 Å². The number of rotatable bonds is 6. The van der Waals surface area contributed by atoms with Crippen molar-refractivity contribution < 1.29 is 9.53 Å². The highest BCUT2D eigenvalue weighted by atomic mass is 35.5. The Morgan fingerprint density at radius 3 is 2.73 bits per heavy atom. The van der Waals surface area contributed by atoms with Crippen molar-refractivity contribution in [1.82, 2.24) is 4.90 Å². The Kier molecular flexibility index (Phi) is 6.69. The van der Waals surface area contributed by atoms with Crippen LogP contribution in [0, 0.1) is 0 Å². The molecule has 0 aromatic heterocycles. The van der Waals surface area contributed by atoms with Crippen LogP contribution in [-0.4, -0.2) is 41.1 Å². The van der Waals surface area contributed by atoms with Gasteiger partial charge in [-0.25, -0.2) is 0 Å². The first-order valence-electron chi connectivity index (χ1n) is 8.33. The minimum absolute atomic E-state index is 0.0259. The van der Waals surface area contributed by atoms with E-state index in [1.165, 1.54) is 32.1 Å². The molecule has 2 aliphatic rings. The molecular weight excluding hydrogens is 298 g/mol. The van der Waals surface area contributed by atoms with Gasteiger partial charge in [0.05, 0.1) is 18.7 Å². The lowest BCUT2D eigenvalue weighted by Gasteiger charge is -2.37. The van der Waals surface area contributed by atoms with Gasteiger partial charge in [-0.2, -0.15) is 4.79 Å². The highest BCUT2D eigenvalue weighted by molar-refractivity contribution is 6.44. The summed E-state index contributed by atoms with van der Waals surface area (Å²) in [5.74, 6) is 0.832. The SMILES string of the molecule is CCCCOC1=CC(=[N+]=[N-])C(Cl)=CC1N(C)C1CCCCC1. The molecule has 0 radical (unpaired) electrons. The molecule has 2 aliphatic carbocycles. The van der Waals surface area contributed by atoms with Crippen molar-refractivity contribution in [2.45, 2.75) is 64.0 Å². The lowest BCUT2D eigenvalue weighted by Crippen LogP contribution is -2.43. The summed E-state index contributed by atoms with van der Waals surface area (Å²) in [5, 5.41) is 0.484. The molecule has 1 saturated carbocycles. The molecule has 0 amide bonds. The van der Waals surface area contributed by atoms with Gasteiger partial charge in [0.15, 0.2) is 0 Å². The first kappa shape index (κ1) is 17.3. The van der Waals surface area contributed by atoms with E-state index in [4.69, 9.17) is 21.9 Å². The Hall–Kier alpha value is -1.09. The molecule has 2 rings (SSSR count). The summed E-state index contributed by atoms with van der Waals surface area (Å²) in [6.07, 6.45) is 12.2. The fourth-order valence-corrected chi connectivity index (χ4v) is 3.38. The molecule has 0 aromatic carbocycles. The van der Waals surface area contributed by atoms with E-state index in [1.807, 2.05) is 6.08 Å². The van der Waals surface area contributed by atoms with Gasteiger partial charge in [0, 0.05) is 6.04 Å². The van der Waals surface area contributed by atoms with Crippen molar-refractivity contribution in [3.05, 3.63) is 28.5 Å². The number of unbranched alkanes of at least 4 members (excludes halogenated alkanes) is 1. The van der Waals surface area contributed by atoms with Gasteiger partial charge in [0.25, 0.3) is 0 Å². The second-order valence-electron chi connectivity index (χ2n) is 6.15. The van der Waals surface area contributed by atoms with Crippen molar-refractivity contribution in [1.29, 1.82) is 0 Å². The lowest BCUT2D eigenvalue weighted by atomic mass is 9.92. The van der Waals surface area contributed by atoms with Gasteiger partial charge in [0.2, 0.25) is 0 Å². The van der Waals surface area contributed by atoms with Crippen LogP contribution in [0.5, 0.6) is 0 Å². The van der Waals surface area contributed by atoms with Gasteiger partial charge in [0.1, 0.15) is 10.8 Å². The van der Waals surface area contributed by atoms with Gasteiger partial charge < -0.3 is 10.3 Å². The molecule has 4 nitrogen and oxygen atoms in total. The molecule has 0 aliphatic heterocycles. The zero-order valence-electron chi connectivity index (χ0n) is 13.6. The van der Waals surface area contributed by atoms with Crippen molar-refractivity contribution in [3.63, 3.8) is 0 Å². The Bertz CT molecular complexity index is 488. The average Bonchev–Trinajstić information content (AvgIpc) is 2.56. The monoisotopic (exact) mass is 323 g/mol. The number of hydrogen-bond acceptors (Lipinski definition) is 2. The molecule has 1 atom stereocenters. The van der Waals surface area contributed by atoms with Crippen LogP contribution >= 0.6 is 11.6 Å². The van der Waals surface area contributed by atoms with Crippen molar-refractivity contribution in [3.8, 4) is 0 Å². The summed E-state index contributed by atoms with van der Waals surface area (Å²) in [6, 6.07) is 0.586. The van der Waals surface area contributed by atoms with Crippen LogP contribution in [0.4, 0.5) is 0 Å². The number of allylic oxidation sites excluding steroid dienone is 2. The number of halogens is 1. The molecule has 0 heterocycles. The van der Waals surface area contributed by atoms with Crippen LogP contribution in [-0.2, 0) is 4.74 Å². The van der Waals surface area contributed by atoms with Gasteiger partial charge in [-0.05, 0) is 32.4 Å². The largest absolute Gasteiger partial charge is 0.496 e. The van der Waals surface area contributed by atoms with Crippen LogP contribution in [0.15, 0.2) is 22.9 Å². The fourth-order valence-electron chi connectivity index (χ4n) is 3.17. The summed E-state index contributed by atoms with van der Waals surface area (Å²) in [4.78, 5) is 5.61. The van der Waals surface area contributed by atoms with E-state index in [-0.39, 0.29) is 6.04 Å². The van der Waals surface area contributed by atoms with Crippen LogP contribution in [0.25, 0.3) is 5.53 Å². The molecule has 1 fully saturated rings. The molecule has 0 saturated heterocycles. The van der Waals surface area contributed by atoms with E-state index in [9.17, 15) is 0 Å². The predicted octanol–water partition coefficient (Wildman–Crippen LogP) is 4.13. The van der Waals surface area contributed by atoms with E-state index in [1.54, 1.807) is 6.08 Å². The summed E-state index contributed by atoms with van der Waals surface area (Å²) in [7, 11) is 2.14. The summed E-state index contributed by atoms with van der Waals surface area (Å²) < 4.78 is 5.95. The minimum Gasteiger partial charge on any atom is -0.496 e. The third-order valence-electron chi connectivity index (χ3n) is 4.58. The molecule has 1 unspecified atom stereocenters. The maximum atomic E-state index is 9.07. The second kappa shape index (κ2) is 8.52. The smallest absolute Gasteiger partial charge is 0.336 e. The topological polar surface area (TPSA) is 48.9 Å². The van der Waals surface area contributed by atoms with Crippen LogP contribution in [0.1, 0.15) is 51.9 Å². The molecule has 0 bridgehead atoms. The zero-order valence-corrected chi connectivity index (χ0v) is 14.4. The molecule has 122 valence electrons. The van der Waals surface area contributed by atoms with Gasteiger partial charge in [-0.15, -0.1) is 0 Å². The second-order valence-corrected chi connectivity index (χ2v) is 6.56. The maximum Gasteiger partial charge on any atom is 0.336 e. The number of likely N-dealkylation sites (N-methyl/N-ethyl adjacent to an activating group) is 1. The van der Waals surface area contributed by atoms with E-state index in [2.05, 4.69) is 23.7 Å². The Labute approximate surface area is 138 Å². The van der Waals surface area contributed by atoms with Gasteiger partial charge >= 0.3 is 5.71 Å². The Morgan fingerprint density at radius 2 is 2.09 bits per heavy atom. The van der Waals surface area contributed by atoms with Crippen molar-refractivity contribution >= 4 is 17.3 Å². The minimum atomic E-state index is 0.0259. The van der Waals surface area contributed by atoms with E-state index in [0.717, 1.165) is 18.6 Å². The molecule has 0 N–H and O–H groups in total. The van der Waals surface area contributed by atoms with E-state index in [0.29, 0.717) is 23.4 Å². The highest BCUT2D eigenvalue weighted by Gasteiger charge is 2.32. The van der Waals surface area contributed by atoms with Crippen LogP contribution < -0.4 is 0 Å². The first-order valence-corrected chi connectivity index (χ1v) is 8.71. The maximum absolute atomic E-state index is 9.07. The predicted molar refractivity (Wildman–Crippen MR) is 89.9 cm³/mol. The van der Waals surface area contributed by atoms with Crippen LogP contribution in [0.2, 0.25) is 0 Å². The van der Waals surface area contributed by atoms with Gasteiger partial charge in [-0.1, -0.05) is 44.2 Å². The Morgan fingerprint density at radius 1 is 1.36 bits per heavy atom. The van der Waals surface area contributed by atoms with E-state index < -0.39 is 0 Å². The van der Waals surface area contributed by atoms with Crippen molar-refractivity contribution in [2.75, 3.05) is 13.7 Å². The number of nitrogens with zero attached hydrogens (tertiary/aromatic N) is 3. The fraction of sp³-hybridized carbons (Fsp3) is 0.706. The summed E-state index contributed by atoms with van der Waals surface area (Å²) in [5.41, 5.74) is 9.45. The van der Waals surface area contributed by atoms with Crippen LogP contribution in [0.3, 0.4) is 0 Å².